The topological polar surface area (TPSA) is 3.24 Å². The van der Waals surface area contributed by atoms with E-state index in [9.17, 15) is 0 Å². The molecule has 0 spiro atoms. The molecule has 0 saturated heterocycles. The maximum Gasteiger partial charge on any atom is 0.0804 e. The van der Waals surface area contributed by atoms with Crippen LogP contribution in [0.25, 0.3) is 0 Å². The van der Waals surface area contributed by atoms with E-state index >= 15 is 0 Å². The molecule has 0 unspecified atom stereocenters. The van der Waals surface area contributed by atoms with Gasteiger partial charge in [-0.1, -0.05) is 60.4 Å². The van der Waals surface area contributed by atoms with Crippen LogP contribution >= 0.6 is 23.5 Å². The van der Waals surface area contributed by atoms with Gasteiger partial charge < -0.3 is 4.90 Å². The van der Waals surface area contributed by atoms with Gasteiger partial charge >= 0.3 is 0 Å². The number of para-hydroxylation sites is 1. The van der Waals surface area contributed by atoms with Crippen molar-refractivity contribution in [3.8, 4) is 0 Å². The van der Waals surface area contributed by atoms with Crippen LogP contribution in [0.15, 0.2) is 92.6 Å². The van der Waals surface area contributed by atoms with Crippen molar-refractivity contribution >= 4 is 29.2 Å². The predicted molar refractivity (Wildman–Crippen MR) is 113 cm³/mol. The van der Waals surface area contributed by atoms with Crippen molar-refractivity contribution in [2.24, 2.45) is 0 Å². The Kier molecular flexibility index (Phi) is 5.77. The van der Waals surface area contributed by atoms with E-state index in [1.807, 2.05) is 11.8 Å². The van der Waals surface area contributed by atoms with Gasteiger partial charge in [0.15, 0.2) is 0 Å². The van der Waals surface area contributed by atoms with E-state index in [0.717, 1.165) is 11.4 Å². The van der Waals surface area contributed by atoms with E-state index in [0.29, 0.717) is 0 Å². The Hall–Kier alpha value is -1.84. The lowest BCUT2D eigenvalue weighted by Gasteiger charge is -2.18. The lowest BCUT2D eigenvalue weighted by molar-refractivity contribution is 1.00. The molecular formula is C22H23NS2. The van der Waals surface area contributed by atoms with Gasteiger partial charge in [0.2, 0.25) is 0 Å². The first-order chi connectivity index (χ1) is 12.1. The van der Waals surface area contributed by atoms with Crippen LogP contribution in [0, 0.1) is 6.92 Å². The van der Waals surface area contributed by atoms with Gasteiger partial charge in [0.05, 0.1) is 10.7 Å². The summed E-state index contributed by atoms with van der Waals surface area (Å²) < 4.78 is 0. The first-order valence-electron chi connectivity index (χ1n) is 8.45. The third-order valence-electron chi connectivity index (χ3n) is 4.03. The maximum atomic E-state index is 4.22. The van der Waals surface area contributed by atoms with Crippen molar-refractivity contribution in [1.29, 1.82) is 0 Å². The summed E-state index contributed by atoms with van der Waals surface area (Å²) in [4.78, 5) is 6.03. The second kappa shape index (κ2) is 8.03. The van der Waals surface area contributed by atoms with Gasteiger partial charge in [-0.05, 0) is 62.3 Å². The average Bonchev–Trinajstić information content (AvgIpc) is 2.93. The van der Waals surface area contributed by atoms with Crippen LogP contribution in [0.4, 0.5) is 5.69 Å². The van der Waals surface area contributed by atoms with Crippen LogP contribution in [-0.2, 0) is 0 Å². The Balaban J connectivity index is 1.76. The van der Waals surface area contributed by atoms with Crippen LogP contribution in [0.3, 0.4) is 0 Å². The molecule has 2 aromatic rings. The second-order valence-corrected chi connectivity index (χ2v) is 8.25. The zero-order chi connectivity index (χ0) is 17.8. The molecule has 25 heavy (non-hydrogen) atoms. The van der Waals surface area contributed by atoms with E-state index in [2.05, 4.69) is 92.9 Å². The summed E-state index contributed by atoms with van der Waals surface area (Å²) in [6, 6.07) is 17.0. The minimum Gasteiger partial charge on any atom is -0.335 e. The van der Waals surface area contributed by atoms with Crippen molar-refractivity contribution in [2.45, 2.75) is 30.6 Å². The fraction of sp³-hybridized carbons (Fsp3) is 0.182. The number of hydrogen-bond donors (Lipinski definition) is 0. The Morgan fingerprint density at radius 2 is 1.88 bits per heavy atom. The highest BCUT2D eigenvalue weighted by atomic mass is 32.2. The number of anilines is 1. The molecule has 0 bridgehead atoms. The van der Waals surface area contributed by atoms with Crippen LogP contribution in [0.1, 0.15) is 19.4 Å². The van der Waals surface area contributed by atoms with Crippen LogP contribution < -0.4 is 4.90 Å². The summed E-state index contributed by atoms with van der Waals surface area (Å²) in [5.74, 6) is 0. The van der Waals surface area contributed by atoms with Gasteiger partial charge in [0.25, 0.3) is 0 Å². The van der Waals surface area contributed by atoms with Crippen molar-refractivity contribution in [1.82, 2.24) is 0 Å². The molecule has 0 aromatic heterocycles. The van der Waals surface area contributed by atoms with Gasteiger partial charge in [-0.25, -0.2) is 0 Å². The normalized spacial score (nSPS) is 15.6. The van der Waals surface area contributed by atoms with Crippen LogP contribution in [0.2, 0.25) is 0 Å². The smallest absolute Gasteiger partial charge is 0.0804 e. The molecule has 1 nitrogen and oxygen atoms in total. The summed E-state index contributed by atoms with van der Waals surface area (Å²) in [5.41, 5.74) is 3.82. The van der Waals surface area contributed by atoms with Crippen molar-refractivity contribution in [3.05, 3.63) is 88.3 Å². The Labute approximate surface area is 159 Å². The standard InChI is InChI=1S/C22H23NS2/c1-5-23-19-11-7-9-13-21(19)25-22(23)15-16(2)14-18(4)24-20-12-8-6-10-17(20)3/h6-15H,4-5H2,1-3H3/b16-14+,22-15+. The molecule has 0 N–H and O–H groups in total. The number of thioether (sulfide) groups is 2. The zero-order valence-electron chi connectivity index (χ0n) is 15.0. The minimum absolute atomic E-state index is 0.974. The number of nitrogens with zero attached hydrogens (tertiary/aromatic N) is 1. The molecule has 1 aliphatic rings. The van der Waals surface area contributed by atoms with Crippen molar-refractivity contribution in [2.75, 3.05) is 11.4 Å². The van der Waals surface area contributed by atoms with Crippen LogP contribution in [0.5, 0.6) is 0 Å². The molecule has 3 heteroatoms. The third-order valence-corrected chi connectivity index (χ3v) is 6.20. The lowest BCUT2D eigenvalue weighted by atomic mass is 10.2. The van der Waals surface area contributed by atoms with E-state index < -0.39 is 0 Å². The van der Waals surface area contributed by atoms with Gasteiger partial charge in [-0.3, -0.25) is 0 Å². The fourth-order valence-corrected chi connectivity index (χ4v) is 4.96. The number of aryl methyl sites for hydroxylation is 1. The molecule has 3 rings (SSSR count). The Morgan fingerprint density at radius 3 is 2.64 bits per heavy atom. The summed E-state index contributed by atoms with van der Waals surface area (Å²) in [7, 11) is 0. The molecule has 128 valence electrons. The number of rotatable bonds is 5. The average molecular weight is 366 g/mol. The summed E-state index contributed by atoms with van der Waals surface area (Å²) >= 11 is 3.57. The molecule has 0 amide bonds. The number of hydrogen-bond acceptors (Lipinski definition) is 3. The molecule has 0 radical (unpaired) electrons. The maximum absolute atomic E-state index is 4.22. The highest BCUT2D eigenvalue weighted by Crippen LogP contribution is 2.46. The van der Waals surface area contributed by atoms with Gasteiger partial charge in [-0.15, -0.1) is 0 Å². The Bertz CT molecular complexity index is 849. The molecule has 0 fully saturated rings. The first-order valence-corrected chi connectivity index (χ1v) is 10.1. The van der Waals surface area contributed by atoms with Gasteiger partial charge in [0.1, 0.15) is 0 Å². The van der Waals surface area contributed by atoms with E-state index in [4.69, 9.17) is 0 Å². The lowest BCUT2D eigenvalue weighted by Crippen LogP contribution is -2.16. The molecule has 0 atom stereocenters. The zero-order valence-corrected chi connectivity index (χ0v) is 16.6. The molecule has 2 aromatic carbocycles. The fourth-order valence-electron chi connectivity index (χ4n) is 2.82. The van der Waals surface area contributed by atoms with E-state index in [1.54, 1.807) is 11.8 Å². The van der Waals surface area contributed by atoms with Gasteiger partial charge in [0, 0.05) is 21.2 Å². The van der Waals surface area contributed by atoms with Crippen molar-refractivity contribution in [3.63, 3.8) is 0 Å². The molecule has 0 aliphatic carbocycles. The molecular weight excluding hydrogens is 342 g/mol. The number of benzene rings is 2. The SMILES string of the molecule is C=C(/C=C(C)/C=C1/Sc2ccccc2N1CC)Sc1ccccc1C. The number of fused-ring (bicyclic) bond motifs is 1. The minimum atomic E-state index is 0.974. The molecule has 1 aliphatic heterocycles. The quantitative estimate of drug-likeness (QED) is 0.414. The third kappa shape index (κ3) is 4.23. The van der Waals surface area contributed by atoms with E-state index in [1.165, 1.54) is 31.6 Å². The van der Waals surface area contributed by atoms with Gasteiger partial charge in [-0.2, -0.15) is 0 Å². The Morgan fingerprint density at radius 1 is 1.16 bits per heavy atom. The summed E-state index contributed by atoms with van der Waals surface area (Å²) in [5, 5.41) is 1.28. The van der Waals surface area contributed by atoms with E-state index in [-0.39, 0.29) is 0 Å². The highest BCUT2D eigenvalue weighted by molar-refractivity contribution is 8.03. The summed E-state index contributed by atoms with van der Waals surface area (Å²) in [6.07, 6.45) is 4.43. The molecule has 0 saturated carbocycles. The second-order valence-electron chi connectivity index (χ2n) is 6.02. The largest absolute Gasteiger partial charge is 0.335 e. The highest BCUT2D eigenvalue weighted by Gasteiger charge is 2.22. The molecule has 1 heterocycles. The van der Waals surface area contributed by atoms with Crippen molar-refractivity contribution < 1.29 is 0 Å². The summed E-state index contributed by atoms with van der Waals surface area (Å²) in [6.45, 7) is 11.7. The number of allylic oxidation sites excluding steroid dienone is 3. The first kappa shape index (κ1) is 18.0. The van der Waals surface area contributed by atoms with Crippen LogP contribution in [-0.4, -0.2) is 6.54 Å². The predicted octanol–water partition coefficient (Wildman–Crippen LogP) is 7.02. The monoisotopic (exact) mass is 365 g/mol.